The second kappa shape index (κ2) is 7.97. The first-order valence-electron chi connectivity index (χ1n) is 5.67. The third kappa shape index (κ3) is 4.56. The fourth-order valence-electron chi connectivity index (χ4n) is 1.46. The number of hydrogen-bond donors (Lipinski definition) is 1. The summed E-state index contributed by atoms with van der Waals surface area (Å²) in [6.07, 6.45) is 1.68. The van der Waals surface area contributed by atoms with E-state index in [-0.39, 0.29) is 0 Å². The van der Waals surface area contributed by atoms with Crippen molar-refractivity contribution in [1.29, 1.82) is 0 Å². The van der Waals surface area contributed by atoms with Crippen LogP contribution in [-0.2, 0) is 9.47 Å². The summed E-state index contributed by atoms with van der Waals surface area (Å²) in [6, 6.07) is 3.77. The van der Waals surface area contributed by atoms with Crippen LogP contribution in [0.2, 0.25) is 0 Å². The summed E-state index contributed by atoms with van der Waals surface area (Å²) in [5.74, 6) is 0.865. The number of nitrogens with zero attached hydrogens (tertiary/aromatic N) is 2. The second-order valence-corrected chi connectivity index (χ2v) is 4.18. The summed E-state index contributed by atoms with van der Waals surface area (Å²) in [5.41, 5.74) is 6.31. The molecular formula is C12H19N3O2S. The van der Waals surface area contributed by atoms with Crippen molar-refractivity contribution < 1.29 is 9.47 Å². The standard InChI is InChI=1S/C12H19N3O2S/c1-16-7-5-15(6-8-17-2)11-4-3-10(9-14-11)12(13)18/h3-4,9H,5-8H2,1-2H3,(H2,13,18). The number of thiocarbonyl (C=S) groups is 1. The van der Waals surface area contributed by atoms with Gasteiger partial charge in [0.25, 0.3) is 0 Å². The number of rotatable bonds is 8. The van der Waals surface area contributed by atoms with E-state index in [0.717, 1.165) is 24.5 Å². The number of methoxy groups -OCH3 is 2. The van der Waals surface area contributed by atoms with E-state index < -0.39 is 0 Å². The number of hydrogen-bond acceptors (Lipinski definition) is 5. The molecule has 1 aromatic heterocycles. The van der Waals surface area contributed by atoms with Crippen molar-refractivity contribution in [2.24, 2.45) is 5.73 Å². The van der Waals surface area contributed by atoms with Gasteiger partial charge in [-0.15, -0.1) is 0 Å². The Kier molecular flexibility index (Phi) is 6.56. The average Bonchev–Trinajstić information content (AvgIpc) is 2.39. The average molecular weight is 269 g/mol. The van der Waals surface area contributed by atoms with Gasteiger partial charge in [0.2, 0.25) is 0 Å². The Morgan fingerprint density at radius 2 is 1.89 bits per heavy atom. The monoisotopic (exact) mass is 269 g/mol. The van der Waals surface area contributed by atoms with Gasteiger partial charge < -0.3 is 20.1 Å². The van der Waals surface area contributed by atoms with Crippen molar-refractivity contribution in [2.45, 2.75) is 0 Å². The molecule has 0 fully saturated rings. The van der Waals surface area contributed by atoms with Gasteiger partial charge in [-0.2, -0.15) is 0 Å². The third-order valence-electron chi connectivity index (χ3n) is 2.49. The summed E-state index contributed by atoms with van der Waals surface area (Å²) < 4.78 is 10.2. The highest BCUT2D eigenvalue weighted by Gasteiger charge is 2.07. The van der Waals surface area contributed by atoms with Gasteiger partial charge >= 0.3 is 0 Å². The van der Waals surface area contributed by atoms with Crippen LogP contribution in [-0.4, -0.2) is 50.5 Å². The molecule has 0 spiro atoms. The van der Waals surface area contributed by atoms with Crippen molar-refractivity contribution in [3.05, 3.63) is 23.9 Å². The topological polar surface area (TPSA) is 60.6 Å². The smallest absolute Gasteiger partial charge is 0.128 e. The molecule has 1 rings (SSSR count). The minimum atomic E-state index is 0.356. The van der Waals surface area contributed by atoms with Gasteiger partial charge in [-0.05, 0) is 12.1 Å². The summed E-state index contributed by atoms with van der Waals surface area (Å²) >= 11 is 4.90. The van der Waals surface area contributed by atoms with E-state index in [4.69, 9.17) is 27.4 Å². The molecule has 0 aliphatic rings. The highest BCUT2D eigenvalue weighted by Crippen LogP contribution is 2.11. The molecule has 0 aliphatic carbocycles. The maximum absolute atomic E-state index is 5.54. The maximum Gasteiger partial charge on any atom is 0.128 e. The number of nitrogens with two attached hydrogens (primary N) is 1. The van der Waals surface area contributed by atoms with Crippen LogP contribution in [0, 0.1) is 0 Å². The van der Waals surface area contributed by atoms with Gasteiger partial charge in [0.05, 0.1) is 13.2 Å². The first-order chi connectivity index (χ1) is 8.69. The summed E-state index contributed by atoms with van der Waals surface area (Å²) in [5, 5.41) is 0. The molecule has 5 nitrogen and oxygen atoms in total. The van der Waals surface area contributed by atoms with Crippen LogP contribution in [0.5, 0.6) is 0 Å². The molecule has 0 atom stereocenters. The normalized spacial score (nSPS) is 10.3. The lowest BCUT2D eigenvalue weighted by Crippen LogP contribution is -2.31. The Hall–Kier alpha value is -1.24. The van der Waals surface area contributed by atoms with Crippen LogP contribution in [0.4, 0.5) is 5.82 Å². The third-order valence-corrected chi connectivity index (χ3v) is 2.72. The fourth-order valence-corrected chi connectivity index (χ4v) is 1.58. The zero-order valence-electron chi connectivity index (χ0n) is 10.8. The second-order valence-electron chi connectivity index (χ2n) is 3.74. The number of pyridine rings is 1. The number of ether oxygens (including phenoxy) is 2. The zero-order valence-corrected chi connectivity index (χ0v) is 11.6. The van der Waals surface area contributed by atoms with Crippen molar-refractivity contribution in [3.8, 4) is 0 Å². The van der Waals surface area contributed by atoms with Crippen LogP contribution in [0.1, 0.15) is 5.56 Å². The molecule has 0 radical (unpaired) electrons. The van der Waals surface area contributed by atoms with Gasteiger partial charge in [-0.3, -0.25) is 0 Å². The van der Waals surface area contributed by atoms with E-state index in [1.54, 1.807) is 20.4 Å². The molecule has 0 bridgehead atoms. The molecule has 0 aromatic carbocycles. The maximum atomic E-state index is 5.54. The number of aromatic nitrogens is 1. The van der Waals surface area contributed by atoms with Gasteiger partial charge in [-0.1, -0.05) is 12.2 Å². The van der Waals surface area contributed by atoms with Gasteiger partial charge in [0, 0.05) is 39.1 Å². The quantitative estimate of drug-likeness (QED) is 0.705. The van der Waals surface area contributed by atoms with Crippen molar-refractivity contribution >= 4 is 23.0 Å². The molecule has 100 valence electrons. The summed E-state index contributed by atoms with van der Waals surface area (Å²) in [7, 11) is 3.36. The van der Waals surface area contributed by atoms with E-state index >= 15 is 0 Å². The Bertz CT molecular complexity index is 362. The van der Waals surface area contributed by atoms with Crippen LogP contribution in [0.15, 0.2) is 18.3 Å². The van der Waals surface area contributed by atoms with E-state index in [0.29, 0.717) is 18.2 Å². The molecule has 0 unspecified atom stereocenters. The molecule has 1 heterocycles. The SMILES string of the molecule is COCCN(CCOC)c1ccc(C(N)=S)cn1. The van der Waals surface area contributed by atoms with E-state index in [1.165, 1.54) is 0 Å². The highest BCUT2D eigenvalue weighted by molar-refractivity contribution is 7.80. The van der Waals surface area contributed by atoms with E-state index in [1.807, 2.05) is 12.1 Å². The first-order valence-corrected chi connectivity index (χ1v) is 6.08. The van der Waals surface area contributed by atoms with E-state index in [2.05, 4.69) is 9.88 Å². The fraction of sp³-hybridized carbons (Fsp3) is 0.500. The van der Waals surface area contributed by atoms with Gasteiger partial charge in [0.1, 0.15) is 10.8 Å². The van der Waals surface area contributed by atoms with Gasteiger partial charge in [-0.25, -0.2) is 4.98 Å². The molecule has 0 aliphatic heterocycles. The van der Waals surface area contributed by atoms with Crippen LogP contribution < -0.4 is 10.6 Å². The molecule has 6 heteroatoms. The highest BCUT2D eigenvalue weighted by atomic mass is 32.1. The Labute approximate surface area is 113 Å². The lowest BCUT2D eigenvalue weighted by atomic mass is 10.3. The first kappa shape index (κ1) is 14.8. The molecule has 1 aromatic rings. The molecule has 0 amide bonds. The van der Waals surface area contributed by atoms with Crippen molar-refractivity contribution in [2.75, 3.05) is 45.4 Å². The van der Waals surface area contributed by atoms with Crippen molar-refractivity contribution in [1.82, 2.24) is 4.98 Å². The number of anilines is 1. The van der Waals surface area contributed by atoms with Crippen molar-refractivity contribution in [3.63, 3.8) is 0 Å². The predicted molar refractivity (Wildman–Crippen MR) is 76.1 cm³/mol. The van der Waals surface area contributed by atoms with E-state index in [9.17, 15) is 0 Å². The molecule has 0 saturated carbocycles. The van der Waals surface area contributed by atoms with Crippen LogP contribution in [0.3, 0.4) is 0 Å². The summed E-state index contributed by atoms with van der Waals surface area (Å²) in [4.78, 5) is 6.80. The Morgan fingerprint density at radius 3 is 2.28 bits per heavy atom. The minimum Gasteiger partial charge on any atom is -0.389 e. The Morgan fingerprint density at radius 1 is 1.28 bits per heavy atom. The van der Waals surface area contributed by atoms with Crippen LogP contribution >= 0.6 is 12.2 Å². The lowest BCUT2D eigenvalue weighted by Gasteiger charge is -2.23. The Balaban J connectivity index is 2.73. The molecule has 18 heavy (non-hydrogen) atoms. The zero-order chi connectivity index (χ0) is 13.4. The lowest BCUT2D eigenvalue weighted by molar-refractivity contribution is 0.190. The largest absolute Gasteiger partial charge is 0.389 e. The predicted octanol–water partition coefficient (Wildman–Crippen LogP) is 0.815. The van der Waals surface area contributed by atoms with Crippen LogP contribution in [0.25, 0.3) is 0 Å². The molecular weight excluding hydrogens is 250 g/mol. The van der Waals surface area contributed by atoms with Gasteiger partial charge in [0.15, 0.2) is 0 Å². The molecule has 0 saturated heterocycles. The summed E-state index contributed by atoms with van der Waals surface area (Å²) in [6.45, 7) is 2.81. The molecule has 2 N–H and O–H groups in total. The minimum absolute atomic E-state index is 0.356.